The van der Waals surface area contributed by atoms with E-state index in [9.17, 15) is 4.79 Å². The molecule has 0 bridgehead atoms. The fourth-order valence-corrected chi connectivity index (χ4v) is 2.67. The minimum atomic E-state index is 0.414. The van der Waals surface area contributed by atoms with E-state index in [4.69, 9.17) is 4.42 Å². The second-order valence-electron chi connectivity index (χ2n) is 3.29. The maximum Gasteiger partial charge on any atom is 0.134 e. The molecule has 0 aliphatic heterocycles. The van der Waals surface area contributed by atoms with Crippen LogP contribution < -0.4 is 0 Å². The zero-order valence-electron chi connectivity index (χ0n) is 7.36. The number of rotatable bonds is 3. The van der Waals surface area contributed by atoms with E-state index in [1.807, 2.05) is 23.9 Å². The summed E-state index contributed by atoms with van der Waals surface area (Å²) in [6.45, 7) is 0. The fraction of sp³-hybridized carbons (Fsp3) is 0.500. The first kappa shape index (κ1) is 8.88. The molecule has 0 N–H and O–H groups in total. The van der Waals surface area contributed by atoms with Crippen molar-refractivity contribution in [2.24, 2.45) is 0 Å². The van der Waals surface area contributed by atoms with Crippen molar-refractivity contribution in [2.45, 2.75) is 30.3 Å². The van der Waals surface area contributed by atoms with Gasteiger partial charge in [0.25, 0.3) is 0 Å². The van der Waals surface area contributed by atoms with Crippen molar-refractivity contribution in [3.8, 4) is 0 Å². The molecule has 1 fully saturated rings. The van der Waals surface area contributed by atoms with Gasteiger partial charge in [-0.1, -0.05) is 0 Å². The molecule has 0 aromatic carbocycles. The maximum absolute atomic E-state index is 11.0. The molecule has 0 spiro atoms. The van der Waals surface area contributed by atoms with Gasteiger partial charge in [-0.2, -0.15) is 11.8 Å². The molecule has 1 aliphatic rings. The average molecular weight is 196 g/mol. The lowest BCUT2D eigenvalue weighted by Crippen LogP contribution is -1.96. The van der Waals surface area contributed by atoms with Gasteiger partial charge < -0.3 is 4.42 Å². The molecule has 3 heteroatoms. The van der Waals surface area contributed by atoms with Crippen LogP contribution in [0.15, 0.2) is 22.8 Å². The SMILES string of the molecule is O=C1CCC(SCc2ccco2)C1. The predicted octanol–water partition coefficient (Wildman–Crippen LogP) is 2.63. The number of carbonyl (C=O) groups is 1. The van der Waals surface area contributed by atoms with Gasteiger partial charge in [0.1, 0.15) is 11.5 Å². The first-order chi connectivity index (χ1) is 6.34. The lowest BCUT2D eigenvalue weighted by atomic mass is 10.4. The Bertz CT molecular complexity index is 279. The first-order valence-electron chi connectivity index (χ1n) is 4.50. The van der Waals surface area contributed by atoms with Crippen LogP contribution in [-0.2, 0) is 10.5 Å². The number of ketones is 1. The summed E-state index contributed by atoms with van der Waals surface area (Å²) in [4.78, 5) is 11.0. The van der Waals surface area contributed by atoms with Gasteiger partial charge >= 0.3 is 0 Å². The Hall–Kier alpha value is -0.700. The minimum absolute atomic E-state index is 0.414. The van der Waals surface area contributed by atoms with E-state index in [1.165, 1.54) is 0 Å². The van der Waals surface area contributed by atoms with Crippen LogP contribution in [0.25, 0.3) is 0 Å². The summed E-state index contributed by atoms with van der Waals surface area (Å²) in [6.07, 6.45) is 4.26. The minimum Gasteiger partial charge on any atom is -0.468 e. The van der Waals surface area contributed by atoms with Crippen LogP contribution in [0.2, 0.25) is 0 Å². The Kier molecular flexibility index (Phi) is 2.74. The number of thioether (sulfide) groups is 1. The van der Waals surface area contributed by atoms with Crippen molar-refractivity contribution >= 4 is 17.5 Å². The van der Waals surface area contributed by atoms with E-state index in [1.54, 1.807) is 6.26 Å². The highest BCUT2D eigenvalue weighted by molar-refractivity contribution is 7.99. The zero-order valence-corrected chi connectivity index (χ0v) is 8.18. The first-order valence-corrected chi connectivity index (χ1v) is 5.55. The molecule has 1 saturated carbocycles. The highest BCUT2D eigenvalue weighted by Gasteiger charge is 2.22. The predicted molar refractivity (Wildman–Crippen MR) is 52.6 cm³/mol. The summed E-state index contributed by atoms with van der Waals surface area (Å²) in [5.74, 6) is 2.31. The second kappa shape index (κ2) is 4.01. The highest BCUT2D eigenvalue weighted by atomic mass is 32.2. The number of hydrogen-bond donors (Lipinski definition) is 0. The zero-order chi connectivity index (χ0) is 9.10. The van der Waals surface area contributed by atoms with Crippen LogP contribution in [0.3, 0.4) is 0 Å². The Morgan fingerprint density at radius 2 is 2.54 bits per heavy atom. The van der Waals surface area contributed by atoms with Crippen LogP contribution in [0.4, 0.5) is 0 Å². The van der Waals surface area contributed by atoms with Gasteiger partial charge in [-0.15, -0.1) is 0 Å². The summed E-state index contributed by atoms with van der Waals surface area (Å²) in [5.41, 5.74) is 0. The molecule has 1 aliphatic carbocycles. The summed E-state index contributed by atoms with van der Waals surface area (Å²) in [7, 11) is 0. The lowest BCUT2D eigenvalue weighted by molar-refractivity contribution is -0.117. The molecule has 70 valence electrons. The molecule has 0 saturated heterocycles. The van der Waals surface area contributed by atoms with Crippen molar-refractivity contribution in [2.75, 3.05) is 0 Å². The van der Waals surface area contributed by atoms with Gasteiger partial charge in [0.15, 0.2) is 0 Å². The Morgan fingerprint density at radius 1 is 1.62 bits per heavy atom. The Labute approximate surface area is 81.7 Å². The molecule has 1 aromatic rings. The molecular weight excluding hydrogens is 184 g/mol. The van der Waals surface area contributed by atoms with E-state index < -0.39 is 0 Å². The average Bonchev–Trinajstić information content (AvgIpc) is 2.71. The Morgan fingerprint density at radius 3 is 3.15 bits per heavy atom. The quantitative estimate of drug-likeness (QED) is 0.744. The van der Waals surface area contributed by atoms with Crippen LogP contribution in [0.5, 0.6) is 0 Å². The van der Waals surface area contributed by atoms with Gasteiger partial charge in [0.2, 0.25) is 0 Å². The molecule has 1 heterocycles. The van der Waals surface area contributed by atoms with Crippen molar-refractivity contribution < 1.29 is 9.21 Å². The monoisotopic (exact) mass is 196 g/mol. The number of carbonyl (C=O) groups excluding carboxylic acids is 1. The van der Waals surface area contributed by atoms with E-state index in [-0.39, 0.29) is 0 Å². The van der Waals surface area contributed by atoms with E-state index in [2.05, 4.69) is 0 Å². The summed E-state index contributed by atoms with van der Waals surface area (Å²) >= 11 is 1.83. The molecule has 1 unspecified atom stereocenters. The molecule has 0 amide bonds. The molecular formula is C10H12O2S. The normalized spacial score (nSPS) is 22.5. The third-order valence-electron chi connectivity index (χ3n) is 2.24. The fourth-order valence-electron chi connectivity index (χ4n) is 1.52. The van der Waals surface area contributed by atoms with Crippen LogP contribution >= 0.6 is 11.8 Å². The number of Topliss-reactive ketones (excluding diaryl/α,β-unsaturated/α-hetero) is 1. The number of hydrogen-bond acceptors (Lipinski definition) is 3. The van der Waals surface area contributed by atoms with Gasteiger partial charge in [0, 0.05) is 18.1 Å². The number of furan rings is 1. The second-order valence-corrected chi connectivity index (χ2v) is 4.58. The Balaban J connectivity index is 1.77. The van der Waals surface area contributed by atoms with Crippen molar-refractivity contribution in [1.82, 2.24) is 0 Å². The summed E-state index contributed by atoms with van der Waals surface area (Å²) < 4.78 is 5.21. The third-order valence-corrected chi connectivity index (χ3v) is 3.57. The molecule has 1 atom stereocenters. The van der Waals surface area contributed by atoms with Crippen LogP contribution in [0, 0.1) is 0 Å². The van der Waals surface area contributed by atoms with Crippen molar-refractivity contribution in [3.05, 3.63) is 24.2 Å². The van der Waals surface area contributed by atoms with E-state index in [0.717, 1.165) is 30.8 Å². The maximum atomic E-state index is 11.0. The van der Waals surface area contributed by atoms with E-state index in [0.29, 0.717) is 11.0 Å². The van der Waals surface area contributed by atoms with Crippen molar-refractivity contribution in [3.63, 3.8) is 0 Å². The molecule has 2 rings (SSSR count). The van der Waals surface area contributed by atoms with Crippen molar-refractivity contribution in [1.29, 1.82) is 0 Å². The molecule has 0 radical (unpaired) electrons. The molecule has 2 nitrogen and oxygen atoms in total. The highest BCUT2D eigenvalue weighted by Crippen LogP contribution is 2.29. The largest absolute Gasteiger partial charge is 0.468 e. The summed E-state index contributed by atoms with van der Waals surface area (Å²) in [6, 6.07) is 3.87. The van der Waals surface area contributed by atoms with Gasteiger partial charge in [-0.05, 0) is 18.6 Å². The third kappa shape index (κ3) is 2.37. The lowest BCUT2D eigenvalue weighted by Gasteiger charge is -2.04. The van der Waals surface area contributed by atoms with Gasteiger partial charge in [0.05, 0.1) is 12.0 Å². The van der Waals surface area contributed by atoms with Gasteiger partial charge in [-0.3, -0.25) is 4.79 Å². The molecule has 13 heavy (non-hydrogen) atoms. The summed E-state index contributed by atoms with van der Waals surface area (Å²) in [5, 5.41) is 0.526. The van der Waals surface area contributed by atoms with Crippen LogP contribution in [0.1, 0.15) is 25.0 Å². The van der Waals surface area contributed by atoms with Gasteiger partial charge in [-0.25, -0.2) is 0 Å². The molecule has 1 aromatic heterocycles. The standard InChI is InChI=1S/C10H12O2S/c11-8-3-4-10(6-8)13-7-9-2-1-5-12-9/h1-2,5,10H,3-4,6-7H2. The smallest absolute Gasteiger partial charge is 0.134 e. The topological polar surface area (TPSA) is 30.2 Å². The van der Waals surface area contributed by atoms with E-state index >= 15 is 0 Å². The van der Waals surface area contributed by atoms with Crippen LogP contribution in [-0.4, -0.2) is 11.0 Å².